The van der Waals surface area contributed by atoms with Crippen LogP contribution in [0.1, 0.15) is 43.4 Å². The van der Waals surface area contributed by atoms with Crippen molar-refractivity contribution in [3.63, 3.8) is 0 Å². The van der Waals surface area contributed by atoms with Gasteiger partial charge in [0, 0.05) is 27.9 Å². The fourth-order valence-electron chi connectivity index (χ4n) is 3.16. The summed E-state index contributed by atoms with van der Waals surface area (Å²) in [7, 11) is 0. The van der Waals surface area contributed by atoms with E-state index in [-0.39, 0.29) is 5.56 Å². The van der Waals surface area contributed by atoms with Crippen molar-refractivity contribution in [3.05, 3.63) is 62.2 Å². The zero-order valence-corrected chi connectivity index (χ0v) is 16.4. The summed E-state index contributed by atoms with van der Waals surface area (Å²) in [4.78, 5) is 30.8. The number of nitrogens with zero attached hydrogens (tertiary/aromatic N) is 1. The predicted octanol–water partition coefficient (Wildman–Crippen LogP) is 4.81. The van der Waals surface area contributed by atoms with Crippen LogP contribution in [0.3, 0.4) is 0 Å². The zero-order chi connectivity index (χ0) is 19.7. The molecule has 0 saturated carbocycles. The number of aromatic amines is 1. The van der Waals surface area contributed by atoms with Gasteiger partial charge in [-0.3, -0.25) is 4.79 Å². The molecular weight excluding hydrogens is 360 g/mol. The minimum atomic E-state index is -0.981. The first-order valence-corrected chi connectivity index (χ1v) is 9.32. The molecule has 0 bridgehead atoms. The average Bonchev–Trinajstić information content (AvgIpc) is 3.16. The standard InChI is InChI=1S/C21H20N2O3S/c1-11-5-6-15(19-10-27-14(4)23-19)7-17(11)16(9-24)8-18-12(2)20(21(25)26)13(3)22-18/h5-10,22H,1-4H3,(H,25,26)/b16-8+. The van der Waals surface area contributed by atoms with Crippen LogP contribution in [0, 0.1) is 27.7 Å². The number of hydrogen-bond acceptors (Lipinski definition) is 4. The molecule has 0 aliphatic rings. The van der Waals surface area contributed by atoms with Crippen molar-refractivity contribution in [2.75, 3.05) is 0 Å². The van der Waals surface area contributed by atoms with Crippen LogP contribution in [0.5, 0.6) is 0 Å². The fraction of sp³-hybridized carbons (Fsp3) is 0.190. The molecular formula is C21H20N2O3S. The number of thiazole rings is 1. The highest BCUT2D eigenvalue weighted by Crippen LogP contribution is 2.29. The minimum absolute atomic E-state index is 0.245. The van der Waals surface area contributed by atoms with E-state index >= 15 is 0 Å². The van der Waals surface area contributed by atoms with Crippen molar-refractivity contribution >= 4 is 35.2 Å². The SMILES string of the molecule is Cc1nc(-c2ccc(C)c(/C(C=O)=C/c3[nH]c(C)c(C(=O)O)c3C)c2)cs1. The first kappa shape index (κ1) is 18.8. The van der Waals surface area contributed by atoms with Crippen LogP contribution in [0.25, 0.3) is 22.9 Å². The van der Waals surface area contributed by atoms with E-state index in [1.807, 2.05) is 37.4 Å². The van der Waals surface area contributed by atoms with Crippen molar-refractivity contribution in [2.24, 2.45) is 0 Å². The third-order valence-corrected chi connectivity index (χ3v) is 5.35. The summed E-state index contributed by atoms with van der Waals surface area (Å²) < 4.78 is 0. The minimum Gasteiger partial charge on any atom is -0.478 e. The van der Waals surface area contributed by atoms with Gasteiger partial charge in [0.15, 0.2) is 6.29 Å². The van der Waals surface area contributed by atoms with Crippen LogP contribution >= 0.6 is 11.3 Å². The number of aromatic nitrogens is 2. The number of benzene rings is 1. The molecule has 0 saturated heterocycles. The number of aryl methyl sites for hydroxylation is 3. The summed E-state index contributed by atoms with van der Waals surface area (Å²) in [6.45, 7) is 7.35. The molecule has 138 valence electrons. The molecule has 0 unspecified atom stereocenters. The Balaban J connectivity index is 2.11. The molecule has 0 amide bonds. The van der Waals surface area contributed by atoms with Gasteiger partial charge >= 0.3 is 5.97 Å². The Labute approximate surface area is 161 Å². The molecule has 0 atom stereocenters. The van der Waals surface area contributed by atoms with E-state index in [1.165, 1.54) is 0 Å². The smallest absolute Gasteiger partial charge is 0.337 e. The molecule has 0 aliphatic carbocycles. The van der Waals surface area contributed by atoms with Gasteiger partial charge in [-0.15, -0.1) is 11.3 Å². The summed E-state index contributed by atoms with van der Waals surface area (Å²) in [5.41, 5.74) is 6.13. The van der Waals surface area contributed by atoms with E-state index in [0.29, 0.717) is 22.5 Å². The Bertz CT molecular complexity index is 1070. The number of carbonyl (C=O) groups is 2. The molecule has 2 N–H and O–H groups in total. The Hall–Kier alpha value is -2.99. The van der Waals surface area contributed by atoms with Crippen molar-refractivity contribution in [1.82, 2.24) is 9.97 Å². The number of rotatable bonds is 5. The van der Waals surface area contributed by atoms with Crippen LogP contribution < -0.4 is 0 Å². The highest BCUT2D eigenvalue weighted by Gasteiger charge is 2.17. The van der Waals surface area contributed by atoms with Gasteiger partial charge in [-0.25, -0.2) is 9.78 Å². The third-order valence-electron chi connectivity index (χ3n) is 4.58. The molecule has 0 spiro atoms. The number of carboxylic acid groups (broad SMARTS) is 1. The largest absolute Gasteiger partial charge is 0.478 e. The Morgan fingerprint density at radius 3 is 2.52 bits per heavy atom. The lowest BCUT2D eigenvalue weighted by atomic mass is 9.96. The van der Waals surface area contributed by atoms with Crippen molar-refractivity contribution in [2.45, 2.75) is 27.7 Å². The maximum Gasteiger partial charge on any atom is 0.337 e. The maximum absolute atomic E-state index is 11.8. The lowest BCUT2D eigenvalue weighted by molar-refractivity contribution is -0.103. The number of nitrogens with one attached hydrogen (secondary N) is 1. The first-order chi connectivity index (χ1) is 12.8. The Morgan fingerprint density at radius 1 is 1.22 bits per heavy atom. The number of aromatic carboxylic acids is 1. The van der Waals surface area contributed by atoms with E-state index in [4.69, 9.17) is 0 Å². The van der Waals surface area contributed by atoms with Crippen molar-refractivity contribution in [1.29, 1.82) is 0 Å². The van der Waals surface area contributed by atoms with Crippen LogP contribution in [0.4, 0.5) is 0 Å². The molecule has 3 rings (SSSR count). The van der Waals surface area contributed by atoms with Crippen LogP contribution in [-0.4, -0.2) is 27.3 Å². The second-order valence-electron chi connectivity index (χ2n) is 6.47. The number of hydrogen-bond donors (Lipinski definition) is 2. The molecule has 27 heavy (non-hydrogen) atoms. The number of carbonyl (C=O) groups excluding carboxylic acids is 1. The second kappa shape index (κ2) is 7.32. The molecule has 0 aliphatic heterocycles. The summed E-state index contributed by atoms with van der Waals surface area (Å²) in [6.07, 6.45) is 2.51. The van der Waals surface area contributed by atoms with Gasteiger partial charge in [0.25, 0.3) is 0 Å². The maximum atomic E-state index is 11.8. The molecule has 2 heterocycles. The zero-order valence-electron chi connectivity index (χ0n) is 15.6. The Morgan fingerprint density at radius 2 is 1.96 bits per heavy atom. The van der Waals surface area contributed by atoms with Crippen LogP contribution in [0.15, 0.2) is 23.6 Å². The lowest BCUT2D eigenvalue weighted by Gasteiger charge is -2.08. The Kier molecular flexibility index (Phi) is 5.10. The summed E-state index contributed by atoms with van der Waals surface area (Å²) >= 11 is 1.58. The van der Waals surface area contributed by atoms with E-state index in [9.17, 15) is 14.7 Å². The fourth-order valence-corrected chi connectivity index (χ4v) is 3.78. The van der Waals surface area contributed by atoms with Gasteiger partial charge in [-0.2, -0.15) is 0 Å². The van der Waals surface area contributed by atoms with E-state index < -0.39 is 5.97 Å². The van der Waals surface area contributed by atoms with Crippen molar-refractivity contribution < 1.29 is 14.7 Å². The van der Waals surface area contributed by atoms with Gasteiger partial charge in [-0.05, 0) is 56.5 Å². The first-order valence-electron chi connectivity index (χ1n) is 8.44. The summed E-state index contributed by atoms with van der Waals surface area (Å²) in [5.74, 6) is -0.981. The molecule has 0 fully saturated rings. The quantitative estimate of drug-likeness (QED) is 0.491. The normalized spacial score (nSPS) is 11.6. The lowest BCUT2D eigenvalue weighted by Crippen LogP contribution is -1.98. The monoisotopic (exact) mass is 380 g/mol. The topological polar surface area (TPSA) is 83.0 Å². The summed E-state index contributed by atoms with van der Waals surface area (Å²) in [6, 6.07) is 5.90. The average molecular weight is 380 g/mol. The van der Waals surface area contributed by atoms with Crippen LogP contribution in [0.2, 0.25) is 0 Å². The van der Waals surface area contributed by atoms with E-state index in [1.54, 1.807) is 31.3 Å². The number of carboxylic acids is 1. The molecule has 6 heteroatoms. The van der Waals surface area contributed by atoms with E-state index in [2.05, 4.69) is 9.97 Å². The molecule has 5 nitrogen and oxygen atoms in total. The van der Waals surface area contributed by atoms with Gasteiger partial charge in [0.05, 0.1) is 16.3 Å². The van der Waals surface area contributed by atoms with Gasteiger partial charge in [0.1, 0.15) is 0 Å². The van der Waals surface area contributed by atoms with Crippen LogP contribution in [-0.2, 0) is 4.79 Å². The van der Waals surface area contributed by atoms with Crippen molar-refractivity contribution in [3.8, 4) is 11.3 Å². The highest BCUT2D eigenvalue weighted by atomic mass is 32.1. The number of H-pyrrole nitrogens is 1. The molecule has 1 aromatic carbocycles. The third kappa shape index (κ3) is 3.61. The van der Waals surface area contributed by atoms with Gasteiger partial charge < -0.3 is 10.1 Å². The second-order valence-corrected chi connectivity index (χ2v) is 7.53. The van der Waals surface area contributed by atoms with Gasteiger partial charge in [-0.1, -0.05) is 12.1 Å². The molecule has 2 aromatic heterocycles. The summed E-state index contributed by atoms with van der Waals surface area (Å²) in [5, 5.41) is 12.3. The van der Waals surface area contributed by atoms with E-state index in [0.717, 1.165) is 33.7 Å². The highest BCUT2D eigenvalue weighted by molar-refractivity contribution is 7.09. The molecule has 3 aromatic rings. The molecule has 0 radical (unpaired) electrons. The predicted molar refractivity (Wildman–Crippen MR) is 108 cm³/mol. The number of allylic oxidation sites excluding steroid dienone is 1. The number of aldehydes is 1. The van der Waals surface area contributed by atoms with Gasteiger partial charge in [0.2, 0.25) is 0 Å².